The Balaban J connectivity index is 1.74. The minimum atomic E-state index is -0.290. The molecule has 0 unspecified atom stereocenters. The molecule has 4 nitrogen and oxygen atoms in total. The zero-order chi connectivity index (χ0) is 11.9. The third-order valence-corrected chi connectivity index (χ3v) is 2.29. The number of esters is 1. The number of nitrogens with zero attached hydrogens (tertiary/aromatic N) is 1. The number of hydrogen-bond acceptors (Lipinski definition) is 4. The van der Waals surface area contributed by atoms with Crippen molar-refractivity contribution < 1.29 is 9.53 Å². The van der Waals surface area contributed by atoms with Gasteiger partial charge in [0.1, 0.15) is 6.61 Å². The molecule has 2 rings (SSSR count). The zero-order valence-corrected chi connectivity index (χ0v) is 9.37. The third kappa shape index (κ3) is 3.38. The van der Waals surface area contributed by atoms with Gasteiger partial charge in [0, 0.05) is 12.4 Å². The number of allylic oxidation sites excluding steroid dienone is 2. The second-order valence-corrected chi connectivity index (χ2v) is 3.53. The van der Waals surface area contributed by atoms with Gasteiger partial charge in [0.25, 0.3) is 0 Å². The van der Waals surface area contributed by atoms with Crippen LogP contribution in [0.5, 0.6) is 0 Å². The van der Waals surface area contributed by atoms with Crippen LogP contribution in [0.4, 0.5) is 0 Å². The van der Waals surface area contributed by atoms with Crippen LogP contribution in [0, 0.1) is 0 Å². The number of hydrogen-bond donors (Lipinski definition) is 1. The van der Waals surface area contributed by atoms with E-state index in [9.17, 15) is 4.79 Å². The van der Waals surface area contributed by atoms with Crippen LogP contribution in [-0.4, -0.2) is 24.1 Å². The molecule has 1 heterocycles. The zero-order valence-electron chi connectivity index (χ0n) is 9.37. The van der Waals surface area contributed by atoms with Crippen LogP contribution in [0.15, 0.2) is 54.9 Å². The average Bonchev–Trinajstić information content (AvgIpc) is 2.41. The smallest absolute Gasteiger partial charge is 0.338 e. The number of ether oxygens (including phenoxy) is 1. The van der Waals surface area contributed by atoms with Crippen molar-refractivity contribution in [2.75, 3.05) is 13.2 Å². The minimum Gasteiger partial charge on any atom is -0.460 e. The molecule has 0 bridgehead atoms. The lowest BCUT2D eigenvalue weighted by molar-refractivity contribution is 0.0469. The van der Waals surface area contributed by atoms with Gasteiger partial charge in [0.05, 0.1) is 12.1 Å². The molecule has 0 radical (unpaired) electrons. The minimum absolute atomic E-state index is 0.290. The van der Waals surface area contributed by atoms with E-state index in [4.69, 9.17) is 4.74 Å². The first-order valence-corrected chi connectivity index (χ1v) is 5.44. The Kier molecular flexibility index (Phi) is 3.81. The van der Waals surface area contributed by atoms with Crippen LogP contribution in [0.2, 0.25) is 0 Å². The van der Waals surface area contributed by atoms with Crippen LogP contribution >= 0.6 is 0 Å². The average molecular weight is 230 g/mol. The van der Waals surface area contributed by atoms with Crippen molar-refractivity contribution in [2.45, 2.75) is 0 Å². The van der Waals surface area contributed by atoms with Crippen molar-refractivity contribution in [1.82, 2.24) is 10.4 Å². The SMILES string of the molecule is O=C(OCCN1C=CC=CN1)c1ccccc1. The monoisotopic (exact) mass is 230 g/mol. The van der Waals surface area contributed by atoms with Gasteiger partial charge < -0.3 is 10.2 Å². The van der Waals surface area contributed by atoms with Gasteiger partial charge >= 0.3 is 5.97 Å². The van der Waals surface area contributed by atoms with Gasteiger partial charge in [-0.2, -0.15) is 0 Å². The molecule has 0 spiro atoms. The number of nitrogens with one attached hydrogen (secondary N) is 1. The molecule has 1 aliphatic rings. The third-order valence-electron chi connectivity index (χ3n) is 2.29. The van der Waals surface area contributed by atoms with Gasteiger partial charge in [0.2, 0.25) is 0 Å². The van der Waals surface area contributed by atoms with E-state index in [1.54, 1.807) is 12.1 Å². The van der Waals surface area contributed by atoms with Gasteiger partial charge in [-0.1, -0.05) is 18.2 Å². The van der Waals surface area contributed by atoms with E-state index in [0.29, 0.717) is 18.7 Å². The Bertz CT molecular complexity index is 426. The van der Waals surface area contributed by atoms with Crippen molar-refractivity contribution in [3.63, 3.8) is 0 Å². The highest BCUT2D eigenvalue weighted by Crippen LogP contribution is 2.01. The predicted octanol–water partition coefficient (Wildman–Crippen LogP) is 1.69. The normalized spacial score (nSPS) is 13.3. The summed E-state index contributed by atoms with van der Waals surface area (Å²) in [5.74, 6) is -0.290. The summed E-state index contributed by atoms with van der Waals surface area (Å²) in [5.41, 5.74) is 3.59. The molecule has 0 aromatic heterocycles. The van der Waals surface area contributed by atoms with Gasteiger partial charge in [-0.3, -0.25) is 5.01 Å². The van der Waals surface area contributed by atoms with E-state index in [1.807, 2.05) is 47.8 Å². The highest BCUT2D eigenvalue weighted by Gasteiger charge is 2.06. The summed E-state index contributed by atoms with van der Waals surface area (Å²) in [6.07, 6.45) is 7.51. The lowest BCUT2D eigenvalue weighted by atomic mass is 10.2. The maximum absolute atomic E-state index is 11.6. The van der Waals surface area contributed by atoms with Crippen molar-refractivity contribution in [3.8, 4) is 0 Å². The molecular formula is C13H14N2O2. The summed E-state index contributed by atoms with van der Waals surface area (Å²) in [6, 6.07) is 8.98. The van der Waals surface area contributed by atoms with E-state index >= 15 is 0 Å². The number of benzene rings is 1. The molecule has 1 N–H and O–H groups in total. The van der Waals surface area contributed by atoms with Crippen LogP contribution in [-0.2, 0) is 4.74 Å². The first kappa shape index (κ1) is 11.3. The molecule has 0 saturated heterocycles. The Morgan fingerprint density at radius 2 is 2.06 bits per heavy atom. The van der Waals surface area contributed by atoms with E-state index in [2.05, 4.69) is 5.43 Å². The molecular weight excluding hydrogens is 216 g/mol. The fourth-order valence-corrected chi connectivity index (χ4v) is 1.42. The first-order valence-electron chi connectivity index (χ1n) is 5.44. The van der Waals surface area contributed by atoms with E-state index in [1.165, 1.54) is 0 Å². The number of rotatable bonds is 4. The molecule has 88 valence electrons. The largest absolute Gasteiger partial charge is 0.460 e. The summed E-state index contributed by atoms with van der Waals surface area (Å²) in [7, 11) is 0. The Morgan fingerprint density at radius 1 is 1.24 bits per heavy atom. The second-order valence-electron chi connectivity index (χ2n) is 3.53. The van der Waals surface area contributed by atoms with Gasteiger partial charge in [-0.25, -0.2) is 4.79 Å². The molecule has 0 atom stereocenters. The molecule has 0 aliphatic carbocycles. The number of carbonyl (C=O) groups excluding carboxylic acids is 1. The first-order chi connectivity index (χ1) is 8.36. The fraction of sp³-hybridized carbons (Fsp3) is 0.154. The topological polar surface area (TPSA) is 41.6 Å². The van der Waals surface area contributed by atoms with E-state index in [0.717, 1.165) is 0 Å². The fourth-order valence-electron chi connectivity index (χ4n) is 1.42. The molecule has 0 amide bonds. The molecule has 1 aliphatic heterocycles. The molecule has 17 heavy (non-hydrogen) atoms. The van der Waals surface area contributed by atoms with Gasteiger partial charge in [-0.15, -0.1) is 0 Å². The Labute approximate surface area is 100 Å². The molecule has 0 fully saturated rings. The van der Waals surface area contributed by atoms with Gasteiger partial charge in [-0.05, 0) is 24.3 Å². The Hall–Kier alpha value is -2.23. The maximum Gasteiger partial charge on any atom is 0.338 e. The Morgan fingerprint density at radius 3 is 2.76 bits per heavy atom. The number of carbonyl (C=O) groups is 1. The van der Waals surface area contributed by atoms with Crippen molar-refractivity contribution in [3.05, 3.63) is 60.4 Å². The summed E-state index contributed by atoms with van der Waals surface area (Å²) in [5, 5.41) is 1.85. The van der Waals surface area contributed by atoms with Crippen LogP contribution < -0.4 is 5.43 Å². The maximum atomic E-state index is 11.6. The van der Waals surface area contributed by atoms with Gasteiger partial charge in [0.15, 0.2) is 0 Å². The van der Waals surface area contributed by atoms with E-state index in [-0.39, 0.29) is 5.97 Å². The summed E-state index contributed by atoms with van der Waals surface area (Å²) in [6.45, 7) is 0.957. The quantitative estimate of drug-likeness (QED) is 0.799. The molecule has 1 aromatic rings. The van der Waals surface area contributed by atoms with Crippen molar-refractivity contribution >= 4 is 5.97 Å². The molecule has 4 heteroatoms. The second kappa shape index (κ2) is 5.75. The van der Waals surface area contributed by atoms with Crippen molar-refractivity contribution in [1.29, 1.82) is 0 Å². The highest BCUT2D eigenvalue weighted by molar-refractivity contribution is 5.89. The van der Waals surface area contributed by atoms with Crippen molar-refractivity contribution in [2.24, 2.45) is 0 Å². The standard InChI is InChI=1S/C13H14N2O2/c16-13(12-6-2-1-3-7-12)17-11-10-15-9-5-4-8-14-15/h1-9,14H,10-11H2. The van der Waals surface area contributed by atoms with E-state index < -0.39 is 0 Å². The summed E-state index contributed by atoms with van der Waals surface area (Å²) >= 11 is 0. The lowest BCUT2D eigenvalue weighted by Gasteiger charge is -2.21. The summed E-state index contributed by atoms with van der Waals surface area (Å²) in [4.78, 5) is 11.6. The molecule has 0 saturated carbocycles. The number of hydrazine groups is 1. The summed E-state index contributed by atoms with van der Waals surface area (Å²) < 4.78 is 5.15. The highest BCUT2D eigenvalue weighted by atomic mass is 16.5. The lowest BCUT2D eigenvalue weighted by Crippen LogP contribution is -2.33. The molecule has 1 aromatic carbocycles. The van der Waals surface area contributed by atoms with Crippen LogP contribution in [0.1, 0.15) is 10.4 Å². The van der Waals surface area contributed by atoms with Crippen LogP contribution in [0.3, 0.4) is 0 Å². The van der Waals surface area contributed by atoms with Crippen LogP contribution in [0.25, 0.3) is 0 Å². The predicted molar refractivity (Wildman–Crippen MR) is 64.8 cm³/mol.